The Morgan fingerprint density at radius 3 is 2.61 bits per heavy atom. The Hall–Kier alpha value is -0.710. The van der Waals surface area contributed by atoms with Gasteiger partial charge in [0.05, 0.1) is 0 Å². The number of amides is 2. The van der Waals surface area contributed by atoms with Crippen molar-refractivity contribution >= 4 is 23.6 Å². The summed E-state index contributed by atoms with van der Waals surface area (Å²) in [6, 6.07) is -0.335. The van der Waals surface area contributed by atoms with Crippen LogP contribution in [0.4, 0.5) is 0 Å². The molecule has 5 heteroatoms. The van der Waals surface area contributed by atoms with Crippen molar-refractivity contribution in [2.75, 3.05) is 12.8 Å². The molecule has 1 aliphatic heterocycles. The van der Waals surface area contributed by atoms with Gasteiger partial charge in [-0.05, 0) is 26.0 Å². The fraction of sp³-hybridized carbons (Fsp3) is 0.846. The molecule has 4 nitrogen and oxygen atoms in total. The zero-order valence-electron chi connectivity index (χ0n) is 11.4. The Bertz CT molecular complexity index is 353. The predicted octanol–water partition coefficient (Wildman–Crippen LogP) is 1.40. The number of rotatable bonds is 3. The molecule has 18 heavy (non-hydrogen) atoms. The molecule has 2 aliphatic rings. The van der Waals surface area contributed by atoms with Crippen molar-refractivity contribution < 1.29 is 9.59 Å². The third-order valence-corrected chi connectivity index (χ3v) is 5.15. The molecule has 1 saturated carbocycles. The van der Waals surface area contributed by atoms with Crippen LogP contribution in [0.25, 0.3) is 0 Å². The number of carbonyl (C=O) groups excluding carboxylic acids is 2. The molecule has 1 spiro atoms. The number of hydrogen-bond acceptors (Lipinski definition) is 3. The Morgan fingerprint density at radius 2 is 2.06 bits per heavy atom. The van der Waals surface area contributed by atoms with E-state index in [0.717, 1.165) is 25.7 Å². The first kappa shape index (κ1) is 13.7. The third-order valence-electron chi connectivity index (χ3n) is 4.19. The van der Waals surface area contributed by atoms with E-state index in [0.29, 0.717) is 11.8 Å². The average Bonchev–Trinajstić information content (AvgIpc) is 2.81. The summed E-state index contributed by atoms with van der Waals surface area (Å²) >= 11 is 1.73. The van der Waals surface area contributed by atoms with Gasteiger partial charge in [0.25, 0.3) is 0 Å². The number of nitrogens with zero attached hydrogens (tertiary/aromatic N) is 1. The molecule has 102 valence electrons. The third kappa shape index (κ3) is 2.25. The van der Waals surface area contributed by atoms with Gasteiger partial charge in [-0.3, -0.25) is 9.59 Å². The highest BCUT2D eigenvalue weighted by atomic mass is 32.2. The maximum Gasteiger partial charge on any atom is 0.249 e. The highest BCUT2D eigenvalue weighted by Gasteiger charge is 2.50. The van der Waals surface area contributed by atoms with Crippen molar-refractivity contribution in [2.24, 2.45) is 0 Å². The molecule has 0 radical (unpaired) electrons. The van der Waals surface area contributed by atoms with E-state index in [4.69, 9.17) is 0 Å². The second-order valence-corrected chi connectivity index (χ2v) is 6.73. The first-order valence-electron chi connectivity index (χ1n) is 6.66. The summed E-state index contributed by atoms with van der Waals surface area (Å²) in [5.74, 6) is 0.137. The molecule has 1 saturated heterocycles. The van der Waals surface area contributed by atoms with Gasteiger partial charge in [0.2, 0.25) is 11.8 Å². The lowest BCUT2D eigenvalue weighted by Crippen LogP contribution is -2.69. The molecule has 0 bridgehead atoms. The van der Waals surface area contributed by atoms with Gasteiger partial charge in [0.15, 0.2) is 0 Å². The molecule has 1 heterocycles. The normalized spacial score (nSPS) is 28.6. The zero-order chi connectivity index (χ0) is 13.3. The first-order chi connectivity index (χ1) is 8.50. The van der Waals surface area contributed by atoms with E-state index in [1.54, 1.807) is 16.7 Å². The molecular weight excluding hydrogens is 248 g/mol. The maximum absolute atomic E-state index is 12.7. The largest absolute Gasteiger partial charge is 0.340 e. The van der Waals surface area contributed by atoms with Crippen LogP contribution in [0.1, 0.15) is 39.5 Å². The second-order valence-electron chi connectivity index (χ2n) is 5.46. The molecule has 1 aliphatic carbocycles. The summed E-state index contributed by atoms with van der Waals surface area (Å²) in [6.07, 6.45) is 5.71. The first-order valence-corrected chi connectivity index (χ1v) is 7.95. The van der Waals surface area contributed by atoms with Gasteiger partial charge in [-0.15, -0.1) is 0 Å². The van der Waals surface area contributed by atoms with Crippen molar-refractivity contribution in [2.45, 2.75) is 56.4 Å². The minimum absolute atomic E-state index is 0.00445. The highest BCUT2D eigenvalue weighted by molar-refractivity contribution is 7.99. The smallest absolute Gasteiger partial charge is 0.249 e. The summed E-state index contributed by atoms with van der Waals surface area (Å²) in [7, 11) is 0. The van der Waals surface area contributed by atoms with Gasteiger partial charge in [-0.25, -0.2) is 0 Å². The fourth-order valence-electron chi connectivity index (χ4n) is 2.90. The summed E-state index contributed by atoms with van der Waals surface area (Å²) < 4.78 is 0. The SMILES string of the molecule is CSC(C)CN1C(=O)C2(CCCC2)NC(=O)C1C. The number of thioether (sulfide) groups is 1. The number of carbonyl (C=O) groups is 2. The standard InChI is InChI=1S/C13H22N2O2S/c1-9(18-3)8-15-10(2)11(16)14-13(12(15)17)6-4-5-7-13/h9-10H,4-8H2,1-3H3,(H,14,16). The quantitative estimate of drug-likeness (QED) is 0.843. The van der Waals surface area contributed by atoms with Crippen LogP contribution < -0.4 is 5.32 Å². The topological polar surface area (TPSA) is 49.4 Å². The van der Waals surface area contributed by atoms with Crippen molar-refractivity contribution in [1.82, 2.24) is 10.2 Å². The molecular formula is C13H22N2O2S. The van der Waals surface area contributed by atoms with Gasteiger partial charge in [0.1, 0.15) is 11.6 Å². The van der Waals surface area contributed by atoms with E-state index in [9.17, 15) is 9.59 Å². The predicted molar refractivity (Wildman–Crippen MR) is 73.5 cm³/mol. The summed E-state index contributed by atoms with van der Waals surface area (Å²) in [4.78, 5) is 26.5. The van der Waals surface area contributed by atoms with E-state index in [-0.39, 0.29) is 17.9 Å². The Balaban J connectivity index is 2.20. The molecule has 2 fully saturated rings. The van der Waals surface area contributed by atoms with Gasteiger partial charge in [0, 0.05) is 11.8 Å². The van der Waals surface area contributed by atoms with Crippen LogP contribution in [0.3, 0.4) is 0 Å². The van der Waals surface area contributed by atoms with Crippen LogP contribution >= 0.6 is 11.8 Å². The van der Waals surface area contributed by atoms with Crippen LogP contribution in [-0.2, 0) is 9.59 Å². The Kier molecular flexibility index (Phi) is 3.90. The summed E-state index contributed by atoms with van der Waals surface area (Å²) in [5.41, 5.74) is -0.582. The van der Waals surface area contributed by atoms with Crippen LogP contribution in [0.15, 0.2) is 0 Å². The van der Waals surface area contributed by atoms with E-state index in [1.807, 2.05) is 13.2 Å². The Labute approximate surface area is 113 Å². The average molecular weight is 270 g/mol. The van der Waals surface area contributed by atoms with Crippen LogP contribution in [-0.4, -0.2) is 46.3 Å². The van der Waals surface area contributed by atoms with Crippen molar-refractivity contribution in [3.63, 3.8) is 0 Å². The number of hydrogen-bond donors (Lipinski definition) is 1. The lowest BCUT2D eigenvalue weighted by Gasteiger charge is -2.44. The van der Waals surface area contributed by atoms with E-state index >= 15 is 0 Å². The maximum atomic E-state index is 12.7. The monoisotopic (exact) mass is 270 g/mol. The van der Waals surface area contributed by atoms with Gasteiger partial charge < -0.3 is 10.2 Å². The number of nitrogens with one attached hydrogen (secondary N) is 1. The van der Waals surface area contributed by atoms with E-state index in [1.165, 1.54) is 0 Å². The van der Waals surface area contributed by atoms with Crippen LogP contribution in [0.5, 0.6) is 0 Å². The van der Waals surface area contributed by atoms with Crippen LogP contribution in [0.2, 0.25) is 0 Å². The lowest BCUT2D eigenvalue weighted by atomic mass is 9.91. The minimum Gasteiger partial charge on any atom is -0.340 e. The van der Waals surface area contributed by atoms with Crippen molar-refractivity contribution in [3.8, 4) is 0 Å². The minimum atomic E-state index is -0.582. The molecule has 0 aromatic carbocycles. The fourth-order valence-corrected chi connectivity index (χ4v) is 3.21. The Morgan fingerprint density at radius 1 is 1.44 bits per heavy atom. The summed E-state index contributed by atoms with van der Waals surface area (Å²) in [6.45, 7) is 4.58. The van der Waals surface area contributed by atoms with Crippen molar-refractivity contribution in [3.05, 3.63) is 0 Å². The molecule has 2 unspecified atom stereocenters. The molecule has 2 amide bonds. The molecule has 0 aromatic rings. The second kappa shape index (κ2) is 5.11. The molecule has 2 atom stereocenters. The lowest BCUT2D eigenvalue weighted by molar-refractivity contribution is -0.154. The van der Waals surface area contributed by atoms with Gasteiger partial charge in [-0.2, -0.15) is 11.8 Å². The highest BCUT2D eigenvalue weighted by Crippen LogP contribution is 2.34. The van der Waals surface area contributed by atoms with Gasteiger partial charge in [-0.1, -0.05) is 19.8 Å². The number of piperazine rings is 1. The van der Waals surface area contributed by atoms with Crippen molar-refractivity contribution in [1.29, 1.82) is 0 Å². The summed E-state index contributed by atoms with van der Waals surface area (Å²) in [5, 5.41) is 3.34. The molecule has 2 rings (SSSR count). The molecule has 1 N–H and O–H groups in total. The molecule has 0 aromatic heterocycles. The zero-order valence-corrected chi connectivity index (χ0v) is 12.2. The van der Waals surface area contributed by atoms with E-state index in [2.05, 4.69) is 12.2 Å². The van der Waals surface area contributed by atoms with Crippen LogP contribution in [0, 0.1) is 0 Å². The van der Waals surface area contributed by atoms with E-state index < -0.39 is 5.54 Å². The van der Waals surface area contributed by atoms with Gasteiger partial charge >= 0.3 is 0 Å².